The minimum absolute atomic E-state index is 0.0302. The number of rotatable bonds is 12. The molecule has 222 valence electrons. The third kappa shape index (κ3) is 5.51. The predicted molar refractivity (Wildman–Crippen MR) is 164 cm³/mol. The Hall–Kier alpha value is -2.18. The number of anilines is 1. The number of carbonyl (C=O) groups excluding carboxylic acids is 3. The van der Waals surface area contributed by atoms with Crippen molar-refractivity contribution >= 4 is 51.1 Å². The molecule has 6 atom stereocenters. The highest BCUT2D eigenvalue weighted by Gasteiger charge is 2.76. The normalized spacial score (nSPS) is 30.7. The number of aliphatic hydroxyl groups is 1. The largest absolute Gasteiger partial charge is 0.395 e. The molecule has 1 N–H and O–H groups in total. The standard InChI is InChI=1S/C30H39BrN4O5S/c1-3-10-33(13-12-32-15-18-40-19-16-32)29(39)26-30-20-22(31)25(41-30)23(24(30)28(38)35(26)14-17-36)27(37)34(11-4-2)21-8-6-5-7-9-21/h3-9,22-26,36H,1-2,10-20H2/t22?,23-,24+,25-,26?,30?/m1/s1. The summed E-state index contributed by atoms with van der Waals surface area (Å²) in [4.78, 5) is 50.2. The smallest absolute Gasteiger partial charge is 0.247 e. The van der Waals surface area contributed by atoms with Gasteiger partial charge < -0.3 is 24.5 Å². The molecule has 0 saturated carbocycles. The van der Waals surface area contributed by atoms with Gasteiger partial charge in [0.25, 0.3) is 0 Å². The molecule has 4 aliphatic heterocycles. The molecule has 1 spiro atoms. The van der Waals surface area contributed by atoms with Crippen LogP contribution in [0, 0.1) is 11.8 Å². The van der Waals surface area contributed by atoms with Gasteiger partial charge in [-0.2, -0.15) is 0 Å². The summed E-state index contributed by atoms with van der Waals surface area (Å²) in [5.41, 5.74) is 0.746. The molecule has 41 heavy (non-hydrogen) atoms. The highest BCUT2D eigenvalue weighted by atomic mass is 79.9. The number of halogens is 1. The Morgan fingerprint density at radius 3 is 2.49 bits per heavy atom. The molecule has 4 fully saturated rings. The molecule has 2 bridgehead atoms. The molecule has 5 rings (SSSR count). The number of likely N-dealkylation sites (tertiary alicyclic amines) is 1. The molecule has 3 amide bonds. The predicted octanol–water partition coefficient (Wildman–Crippen LogP) is 2.01. The number of β-amino-alcohol motifs (C(OH)–C–C–N with tert-alkyl or cyclic N) is 1. The third-order valence-corrected chi connectivity index (χ3v) is 12.0. The minimum Gasteiger partial charge on any atom is -0.395 e. The lowest BCUT2D eigenvalue weighted by Crippen LogP contribution is -2.57. The van der Waals surface area contributed by atoms with Crippen LogP contribution in [0.3, 0.4) is 0 Å². The number of aliphatic hydroxyl groups excluding tert-OH is 1. The van der Waals surface area contributed by atoms with Crippen LogP contribution in [0.15, 0.2) is 55.6 Å². The van der Waals surface area contributed by atoms with Crippen LogP contribution in [-0.2, 0) is 19.1 Å². The molecule has 11 heteroatoms. The fourth-order valence-corrected chi connectivity index (χ4v) is 10.6. The van der Waals surface area contributed by atoms with Crippen molar-refractivity contribution in [1.82, 2.24) is 14.7 Å². The number of fused-ring (bicyclic) bond motifs is 1. The van der Waals surface area contributed by atoms with Crippen LogP contribution >= 0.6 is 27.7 Å². The molecule has 0 aromatic heterocycles. The molecule has 0 radical (unpaired) electrons. The fourth-order valence-electron chi connectivity index (χ4n) is 6.99. The van der Waals surface area contributed by atoms with E-state index in [1.54, 1.807) is 38.6 Å². The molecule has 4 saturated heterocycles. The third-order valence-electron chi connectivity index (χ3n) is 8.75. The number of para-hydroxylation sites is 1. The first-order chi connectivity index (χ1) is 19.9. The molecular formula is C30H39BrN4O5S. The molecule has 9 nitrogen and oxygen atoms in total. The Morgan fingerprint density at radius 1 is 1.12 bits per heavy atom. The van der Waals surface area contributed by atoms with E-state index in [-0.39, 0.29) is 41.0 Å². The van der Waals surface area contributed by atoms with Gasteiger partial charge in [0.2, 0.25) is 17.7 Å². The molecular weight excluding hydrogens is 608 g/mol. The van der Waals surface area contributed by atoms with E-state index in [0.29, 0.717) is 45.8 Å². The minimum atomic E-state index is -0.769. The zero-order chi connectivity index (χ0) is 29.1. The number of morpholine rings is 1. The Balaban J connectivity index is 1.47. The van der Waals surface area contributed by atoms with Crippen LogP contribution in [0.2, 0.25) is 0 Å². The first kappa shape index (κ1) is 30.3. The zero-order valence-electron chi connectivity index (χ0n) is 23.3. The second kappa shape index (κ2) is 13.0. The number of thioether (sulfide) groups is 1. The highest BCUT2D eigenvalue weighted by molar-refractivity contribution is 9.09. The van der Waals surface area contributed by atoms with Gasteiger partial charge in [0, 0.05) is 61.6 Å². The summed E-state index contributed by atoms with van der Waals surface area (Å²) in [6.45, 7) is 12.4. The molecule has 4 aliphatic rings. The van der Waals surface area contributed by atoms with Gasteiger partial charge in [0.15, 0.2) is 0 Å². The molecule has 1 aromatic rings. The van der Waals surface area contributed by atoms with E-state index in [0.717, 1.165) is 18.8 Å². The second-order valence-electron chi connectivity index (χ2n) is 11.0. The first-order valence-corrected chi connectivity index (χ1v) is 16.1. The Labute approximate surface area is 254 Å². The van der Waals surface area contributed by atoms with Gasteiger partial charge in [0.05, 0.1) is 36.4 Å². The quantitative estimate of drug-likeness (QED) is 0.274. The van der Waals surface area contributed by atoms with Gasteiger partial charge in [-0.05, 0) is 18.6 Å². The van der Waals surface area contributed by atoms with E-state index in [4.69, 9.17) is 4.74 Å². The average Bonchev–Trinajstić information content (AvgIpc) is 3.58. The Kier molecular flexibility index (Phi) is 9.60. The molecule has 0 aliphatic carbocycles. The number of carbonyl (C=O) groups is 3. The molecule has 1 aromatic carbocycles. The van der Waals surface area contributed by atoms with E-state index in [2.05, 4.69) is 34.0 Å². The van der Waals surface area contributed by atoms with Crippen LogP contribution < -0.4 is 4.90 Å². The maximum Gasteiger partial charge on any atom is 0.247 e. The maximum absolute atomic E-state index is 14.4. The summed E-state index contributed by atoms with van der Waals surface area (Å²) < 4.78 is 4.70. The van der Waals surface area contributed by atoms with E-state index < -0.39 is 22.6 Å². The van der Waals surface area contributed by atoms with Gasteiger partial charge in [-0.25, -0.2) is 0 Å². The van der Waals surface area contributed by atoms with Crippen molar-refractivity contribution in [3.8, 4) is 0 Å². The van der Waals surface area contributed by atoms with Crippen LogP contribution in [0.1, 0.15) is 6.42 Å². The zero-order valence-corrected chi connectivity index (χ0v) is 25.7. The van der Waals surface area contributed by atoms with Crippen molar-refractivity contribution in [2.75, 3.05) is 70.5 Å². The topological polar surface area (TPSA) is 93.6 Å². The van der Waals surface area contributed by atoms with Gasteiger partial charge in [-0.1, -0.05) is 46.3 Å². The van der Waals surface area contributed by atoms with Gasteiger partial charge in [0.1, 0.15) is 6.04 Å². The SMILES string of the molecule is C=CCN(CCN1CCOCC1)C(=O)C1N(CCO)C(=O)[C@@H]2[C@@H](C(=O)N(CC=C)c3ccccc3)[C@@H]3SC12CC3Br. The monoisotopic (exact) mass is 646 g/mol. The number of hydrogen-bond donors (Lipinski definition) is 1. The summed E-state index contributed by atoms with van der Waals surface area (Å²) in [6.07, 6.45) is 4.00. The maximum atomic E-state index is 14.4. The lowest BCUT2D eigenvalue weighted by atomic mass is 9.70. The average molecular weight is 648 g/mol. The van der Waals surface area contributed by atoms with Crippen molar-refractivity contribution in [1.29, 1.82) is 0 Å². The first-order valence-electron chi connectivity index (χ1n) is 14.3. The lowest BCUT2D eigenvalue weighted by Gasteiger charge is -2.39. The second-order valence-corrected chi connectivity index (χ2v) is 13.7. The van der Waals surface area contributed by atoms with E-state index in [1.807, 2.05) is 30.3 Å². The molecule has 4 heterocycles. The van der Waals surface area contributed by atoms with Crippen molar-refractivity contribution in [3.63, 3.8) is 0 Å². The number of ether oxygens (including phenoxy) is 1. The van der Waals surface area contributed by atoms with Crippen molar-refractivity contribution in [2.24, 2.45) is 11.8 Å². The lowest BCUT2D eigenvalue weighted by molar-refractivity contribution is -0.143. The van der Waals surface area contributed by atoms with Gasteiger partial charge in [-0.3, -0.25) is 19.3 Å². The summed E-state index contributed by atoms with van der Waals surface area (Å²) in [7, 11) is 0. The van der Waals surface area contributed by atoms with Crippen LogP contribution in [0.4, 0.5) is 5.69 Å². The van der Waals surface area contributed by atoms with Crippen molar-refractivity contribution in [2.45, 2.75) is 27.3 Å². The molecule has 3 unspecified atom stereocenters. The number of hydrogen-bond acceptors (Lipinski definition) is 7. The summed E-state index contributed by atoms with van der Waals surface area (Å²) in [5, 5.41) is 9.82. The summed E-state index contributed by atoms with van der Waals surface area (Å²) in [5.74, 6) is -1.76. The Bertz CT molecular complexity index is 1150. The highest BCUT2D eigenvalue weighted by Crippen LogP contribution is 2.68. The van der Waals surface area contributed by atoms with Crippen LogP contribution in [0.5, 0.6) is 0 Å². The fraction of sp³-hybridized carbons (Fsp3) is 0.567. The van der Waals surface area contributed by atoms with E-state index in [1.165, 1.54) is 0 Å². The van der Waals surface area contributed by atoms with E-state index in [9.17, 15) is 19.5 Å². The van der Waals surface area contributed by atoms with Gasteiger partial charge in [-0.15, -0.1) is 24.9 Å². The summed E-state index contributed by atoms with van der Waals surface area (Å²) in [6, 6.07) is 8.65. The Morgan fingerprint density at radius 2 is 1.83 bits per heavy atom. The number of alkyl halides is 1. The summed E-state index contributed by atoms with van der Waals surface area (Å²) >= 11 is 5.45. The van der Waals surface area contributed by atoms with E-state index >= 15 is 0 Å². The number of amides is 3. The van der Waals surface area contributed by atoms with Crippen molar-refractivity contribution in [3.05, 3.63) is 55.6 Å². The number of nitrogens with zero attached hydrogens (tertiary/aromatic N) is 4. The van der Waals surface area contributed by atoms with Gasteiger partial charge >= 0.3 is 0 Å². The van der Waals surface area contributed by atoms with Crippen LogP contribution in [0.25, 0.3) is 0 Å². The van der Waals surface area contributed by atoms with Crippen molar-refractivity contribution < 1.29 is 24.2 Å². The number of benzene rings is 1. The van der Waals surface area contributed by atoms with Crippen LogP contribution in [-0.4, -0.2) is 124 Å².